The second kappa shape index (κ2) is 8.24. The predicted molar refractivity (Wildman–Crippen MR) is 85.7 cm³/mol. The first kappa shape index (κ1) is 16.9. The fourth-order valence-electron chi connectivity index (χ4n) is 1.76. The molecule has 1 aromatic heterocycles. The van der Waals surface area contributed by atoms with Crippen molar-refractivity contribution in [3.05, 3.63) is 43.5 Å². The van der Waals surface area contributed by atoms with Gasteiger partial charge in [0.2, 0.25) is 0 Å². The third kappa shape index (κ3) is 5.11. The van der Waals surface area contributed by atoms with Gasteiger partial charge in [0.1, 0.15) is 5.76 Å². The van der Waals surface area contributed by atoms with Gasteiger partial charge in [-0.2, -0.15) is 0 Å². The normalized spacial score (nSPS) is 13.1. The molecule has 0 aliphatic carbocycles. The number of rotatable bonds is 6. The lowest BCUT2D eigenvalue weighted by atomic mass is 10.0. The molecule has 0 N–H and O–H groups in total. The molecular weight excluding hydrogens is 371 g/mol. The van der Waals surface area contributed by atoms with E-state index in [0.29, 0.717) is 17.9 Å². The molecule has 0 aliphatic heterocycles. The van der Waals surface area contributed by atoms with Crippen LogP contribution in [0.5, 0.6) is 0 Å². The van der Waals surface area contributed by atoms with E-state index in [0.717, 1.165) is 16.4 Å². The summed E-state index contributed by atoms with van der Waals surface area (Å²) in [6.07, 6.45) is 3.41. The van der Waals surface area contributed by atoms with Crippen LogP contribution in [0.2, 0.25) is 0 Å². The first-order valence-electron chi connectivity index (χ1n) is 6.59. The highest BCUT2D eigenvalue weighted by atomic mass is 127. The molecule has 0 radical (unpaired) electrons. The highest BCUT2D eigenvalue weighted by molar-refractivity contribution is 14.1. The highest BCUT2D eigenvalue weighted by Gasteiger charge is 2.12. The summed E-state index contributed by atoms with van der Waals surface area (Å²) in [5.41, 5.74) is 0.286. The van der Waals surface area contributed by atoms with Crippen molar-refractivity contribution in [1.82, 2.24) is 0 Å². The molecular formula is C15H19IO4. The second-order valence-corrected chi connectivity index (χ2v) is 5.71. The summed E-state index contributed by atoms with van der Waals surface area (Å²) in [5.74, 6) is 0.559. The quantitative estimate of drug-likeness (QED) is 0.423. The van der Waals surface area contributed by atoms with E-state index in [1.807, 2.05) is 13.0 Å². The first-order chi connectivity index (χ1) is 9.45. The summed E-state index contributed by atoms with van der Waals surface area (Å²) in [4.78, 5) is 22.7. The summed E-state index contributed by atoms with van der Waals surface area (Å²) in [6.45, 7) is 5.92. The summed E-state index contributed by atoms with van der Waals surface area (Å²) >= 11 is 2.16. The zero-order chi connectivity index (χ0) is 15.1. The van der Waals surface area contributed by atoms with Crippen molar-refractivity contribution in [3.8, 4) is 0 Å². The fourth-order valence-corrected chi connectivity index (χ4v) is 2.58. The number of esters is 1. The Kier molecular flexibility index (Phi) is 6.98. The van der Waals surface area contributed by atoms with Gasteiger partial charge in [0, 0.05) is 17.6 Å². The number of ether oxygens (including phenoxy) is 1. The van der Waals surface area contributed by atoms with E-state index in [-0.39, 0.29) is 17.5 Å². The van der Waals surface area contributed by atoms with Crippen LogP contribution in [0.4, 0.5) is 0 Å². The van der Waals surface area contributed by atoms with Gasteiger partial charge in [0.25, 0.3) is 0 Å². The molecule has 0 aromatic carbocycles. The average Bonchev–Trinajstić information content (AvgIpc) is 2.41. The van der Waals surface area contributed by atoms with Crippen molar-refractivity contribution in [3.63, 3.8) is 0 Å². The Morgan fingerprint density at radius 2 is 2.20 bits per heavy atom. The fraction of sp³-hybridized carbons (Fsp3) is 0.467. The Balaban J connectivity index is 2.61. The van der Waals surface area contributed by atoms with Gasteiger partial charge in [-0.1, -0.05) is 13.0 Å². The summed E-state index contributed by atoms with van der Waals surface area (Å²) in [6, 6.07) is 3.18. The van der Waals surface area contributed by atoms with Gasteiger partial charge in [-0.3, -0.25) is 0 Å². The van der Waals surface area contributed by atoms with Crippen LogP contribution >= 0.6 is 22.6 Å². The summed E-state index contributed by atoms with van der Waals surface area (Å²) in [7, 11) is 0. The van der Waals surface area contributed by atoms with Crippen molar-refractivity contribution in [2.75, 3.05) is 6.61 Å². The molecule has 1 heterocycles. The molecule has 0 spiro atoms. The van der Waals surface area contributed by atoms with Crippen molar-refractivity contribution in [2.24, 2.45) is 0 Å². The highest BCUT2D eigenvalue weighted by Crippen LogP contribution is 2.24. The van der Waals surface area contributed by atoms with Crippen LogP contribution in [-0.4, -0.2) is 12.6 Å². The van der Waals surface area contributed by atoms with E-state index in [9.17, 15) is 9.59 Å². The van der Waals surface area contributed by atoms with Crippen LogP contribution in [0.3, 0.4) is 0 Å². The Morgan fingerprint density at radius 1 is 1.50 bits per heavy atom. The van der Waals surface area contributed by atoms with Crippen molar-refractivity contribution in [2.45, 2.75) is 39.5 Å². The topological polar surface area (TPSA) is 56.5 Å². The second-order valence-electron chi connectivity index (χ2n) is 4.55. The number of carbonyl (C=O) groups excluding carboxylic acids is 1. The molecule has 110 valence electrons. The lowest BCUT2D eigenvalue weighted by molar-refractivity contribution is -0.138. The lowest BCUT2D eigenvalue weighted by Crippen LogP contribution is -2.06. The Bertz CT molecular complexity index is 545. The van der Waals surface area contributed by atoms with Crippen LogP contribution in [-0.2, 0) is 9.53 Å². The number of halogens is 1. The third-order valence-electron chi connectivity index (χ3n) is 2.91. The lowest BCUT2D eigenvalue weighted by Gasteiger charge is -2.10. The Labute approximate surface area is 132 Å². The average molecular weight is 390 g/mol. The minimum absolute atomic E-state index is 0.127. The van der Waals surface area contributed by atoms with E-state index < -0.39 is 0 Å². The van der Waals surface area contributed by atoms with Crippen LogP contribution in [0.25, 0.3) is 0 Å². The molecule has 0 saturated carbocycles. The van der Waals surface area contributed by atoms with Gasteiger partial charge in [-0.05, 0) is 55.3 Å². The molecule has 4 nitrogen and oxygen atoms in total. The Hall–Kier alpha value is -1.11. The van der Waals surface area contributed by atoms with Crippen LogP contribution in [0.15, 0.2) is 33.0 Å². The van der Waals surface area contributed by atoms with E-state index in [4.69, 9.17) is 9.15 Å². The van der Waals surface area contributed by atoms with Gasteiger partial charge in [0.15, 0.2) is 0 Å². The van der Waals surface area contributed by atoms with Gasteiger partial charge in [-0.15, -0.1) is 0 Å². The molecule has 0 aliphatic rings. The molecule has 0 saturated heterocycles. The maximum Gasteiger partial charge on any atom is 0.335 e. The number of carbonyl (C=O) groups is 1. The molecule has 1 rings (SSSR count). The van der Waals surface area contributed by atoms with Gasteiger partial charge in [0.05, 0.1) is 10.2 Å². The molecule has 0 fully saturated rings. The molecule has 1 aromatic rings. The number of allylic oxidation sites excluding steroid dienone is 1. The van der Waals surface area contributed by atoms with Crippen LogP contribution in [0, 0.1) is 3.57 Å². The standard InChI is InChI=1S/C15H19IO4/c1-4-19-15(18)11(3)7-5-6-10(2)14-12(16)8-9-13(17)20-14/h7-10H,4-6H2,1-3H3/b11-7+/t10-/m1/s1. The van der Waals surface area contributed by atoms with E-state index >= 15 is 0 Å². The van der Waals surface area contributed by atoms with Gasteiger partial charge >= 0.3 is 11.6 Å². The van der Waals surface area contributed by atoms with E-state index in [1.165, 1.54) is 6.07 Å². The van der Waals surface area contributed by atoms with Crippen molar-refractivity contribution >= 4 is 28.6 Å². The molecule has 0 unspecified atom stereocenters. The molecule has 1 atom stereocenters. The molecule has 5 heteroatoms. The van der Waals surface area contributed by atoms with Crippen LogP contribution in [0.1, 0.15) is 45.3 Å². The van der Waals surface area contributed by atoms with Crippen LogP contribution < -0.4 is 5.63 Å². The number of hydrogen-bond donors (Lipinski definition) is 0. The maximum absolute atomic E-state index is 11.4. The number of hydrogen-bond acceptors (Lipinski definition) is 4. The van der Waals surface area contributed by atoms with E-state index in [1.54, 1.807) is 19.9 Å². The zero-order valence-corrected chi connectivity index (χ0v) is 14.1. The van der Waals surface area contributed by atoms with Crippen molar-refractivity contribution < 1.29 is 13.9 Å². The van der Waals surface area contributed by atoms with Gasteiger partial charge in [-0.25, -0.2) is 9.59 Å². The smallest absolute Gasteiger partial charge is 0.335 e. The third-order valence-corrected chi connectivity index (χ3v) is 3.80. The summed E-state index contributed by atoms with van der Waals surface area (Å²) < 4.78 is 11.1. The van der Waals surface area contributed by atoms with Crippen molar-refractivity contribution in [1.29, 1.82) is 0 Å². The monoisotopic (exact) mass is 390 g/mol. The SMILES string of the molecule is CCOC(=O)/C(C)=C/CC[C@@H](C)c1oc(=O)ccc1I. The first-order valence-corrected chi connectivity index (χ1v) is 7.67. The predicted octanol–water partition coefficient (Wildman–Crippen LogP) is 3.64. The van der Waals surface area contributed by atoms with Gasteiger partial charge < -0.3 is 9.15 Å². The van der Waals surface area contributed by atoms with E-state index in [2.05, 4.69) is 22.6 Å². The maximum atomic E-state index is 11.4. The molecule has 20 heavy (non-hydrogen) atoms. The Morgan fingerprint density at radius 3 is 2.85 bits per heavy atom. The zero-order valence-electron chi connectivity index (χ0n) is 11.9. The molecule has 0 bridgehead atoms. The minimum atomic E-state index is -0.328. The summed E-state index contributed by atoms with van der Waals surface area (Å²) in [5, 5.41) is 0. The minimum Gasteiger partial charge on any atom is -0.463 e. The molecule has 0 amide bonds. The largest absolute Gasteiger partial charge is 0.463 e.